The van der Waals surface area contributed by atoms with Gasteiger partial charge in [-0.3, -0.25) is 0 Å². The fraction of sp³-hybridized carbons (Fsp3) is 0.750. The molecule has 1 rings (SSSR count). The van der Waals surface area contributed by atoms with Gasteiger partial charge in [-0.05, 0) is 25.7 Å². The lowest BCUT2D eigenvalue weighted by atomic mass is 9.87. The van der Waals surface area contributed by atoms with Gasteiger partial charge in [-0.15, -0.1) is 24.0 Å². The van der Waals surface area contributed by atoms with E-state index >= 15 is 0 Å². The molecule has 0 bridgehead atoms. The van der Waals surface area contributed by atoms with E-state index in [-0.39, 0.29) is 42.7 Å². The molecule has 1 saturated carbocycles. The number of hydrogen-bond acceptors (Lipinski definition) is 1. The number of nitrogens with zero attached hydrogens (tertiary/aromatic N) is 1. The molecule has 106 valence electrons. The second kappa shape index (κ2) is 7.91. The van der Waals surface area contributed by atoms with Crippen molar-refractivity contribution >= 4 is 29.9 Å². The summed E-state index contributed by atoms with van der Waals surface area (Å²) in [5.74, 6) is -1.82. The molecule has 0 aromatic heterocycles. The van der Waals surface area contributed by atoms with Gasteiger partial charge in [0.25, 0.3) is 0 Å². The van der Waals surface area contributed by atoms with E-state index in [1.165, 1.54) is 0 Å². The third kappa shape index (κ3) is 7.13. The minimum Gasteiger partial charge on any atom is -0.370 e. The van der Waals surface area contributed by atoms with E-state index in [0.29, 0.717) is 31.9 Å². The molecule has 0 atom stereocenters. The summed E-state index contributed by atoms with van der Waals surface area (Å²) in [5.41, 5.74) is 6.58. The van der Waals surface area contributed by atoms with E-state index in [0.717, 1.165) is 5.57 Å². The van der Waals surface area contributed by atoms with Crippen LogP contribution in [0.25, 0.3) is 0 Å². The molecule has 3 N–H and O–H groups in total. The van der Waals surface area contributed by atoms with Gasteiger partial charge < -0.3 is 11.1 Å². The normalized spacial score (nSPS) is 20.1. The first-order valence-corrected chi connectivity index (χ1v) is 5.95. The van der Waals surface area contributed by atoms with Gasteiger partial charge in [0.05, 0.1) is 6.54 Å². The van der Waals surface area contributed by atoms with Crippen LogP contribution in [0.1, 0.15) is 32.6 Å². The second-order valence-corrected chi connectivity index (χ2v) is 4.84. The van der Waals surface area contributed by atoms with Crippen molar-refractivity contribution in [2.45, 2.75) is 38.5 Å². The highest BCUT2D eigenvalue weighted by Crippen LogP contribution is 2.35. The molecule has 0 aromatic carbocycles. The largest absolute Gasteiger partial charge is 0.370 e. The number of halogens is 3. The van der Waals surface area contributed by atoms with Gasteiger partial charge in [0.15, 0.2) is 5.96 Å². The zero-order valence-electron chi connectivity index (χ0n) is 10.7. The van der Waals surface area contributed by atoms with Crippen LogP contribution < -0.4 is 11.1 Å². The second-order valence-electron chi connectivity index (χ2n) is 4.84. The van der Waals surface area contributed by atoms with Crippen LogP contribution in [0.3, 0.4) is 0 Å². The van der Waals surface area contributed by atoms with E-state index in [1.54, 1.807) is 0 Å². The molecule has 1 aliphatic carbocycles. The lowest BCUT2D eigenvalue weighted by Crippen LogP contribution is -2.37. The van der Waals surface area contributed by atoms with Gasteiger partial charge in [-0.2, -0.15) is 0 Å². The molecule has 1 aliphatic rings. The van der Waals surface area contributed by atoms with E-state index in [1.807, 2.05) is 6.92 Å². The van der Waals surface area contributed by atoms with Gasteiger partial charge in [0, 0.05) is 19.4 Å². The van der Waals surface area contributed by atoms with E-state index in [2.05, 4.69) is 16.9 Å². The maximum Gasteiger partial charge on any atom is 0.248 e. The maximum absolute atomic E-state index is 12.9. The molecular weight excluding hydrogens is 351 g/mol. The van der Waals surface area contributed by atoms with Crippen molar-refractivity contribution in [1.29, 1.82) is 0 Å². The average molecular weight is 373 g/mol. The monoisotopic (exact) mass is 373 g/mol. The molecule has 1 fully saturated rings. The summed E-state index contributed by atoms with van der Waals surface area (Å²) >= 11 is 0. The zero-order valence-corrected chi connectivity index (χ0v) is 13.0. The molecule has 18 heavy (non-hydrogen) atoms. The highest BCUT2D eigenvalue weighted by Gasteiger charge is 2.34. The standard InChI is InChI=1S/C12H21F2N3.HI/c1-9(2)7-16-11(15)17-8-10-3-5-12(13,14)6-4-10;/h10H,1,3-8H2,2H3,(H3,15,16,17);1H. The smallest absolute Gasteiger partial charge is 0.248 e. The van der Waals surface area contributed by atoms with Gasteiger partial charge in [0.2, 0.25) is 5.92 Å². The minimum absolute atomic E-state index is 0. The summed E-state index contributed by atoms with van der Waals surface area (Å²) in [5, 5.41) is 2.98. The zero-order chi connectivity index (χ0) is 12.9. The number of nitrogens with one attached hydrogen (secondary N) is 1. The fourth-order valence-corrected chi connectivity index (χ4v) is 1.83. The van der Waals surface area contributed by atoms with Crippen molar-refractivity contribution in [3.05, 3.63) is 12.2 Å². The highest BCUT2D eigenvalue weighted by atomic mass is 127. The van der Waals surface area contributed by atoms with Crippen molar-refractivity contribution in [2.75, 3.05) is 13.1 Å². The summed E-state index contributed by atoms with van der Waals surface area (Å²) in [7, 11) is 0. The molecule has 0 radical (unpaired) electrons. The SMILES string of the molecule is C=C(C)CN=C(N)NCC1CCC(F)(F)CC1.I. The number of rotatable bonds is 4. The molecule has 0 amide bonds. The Morgan fingerprint density at radius 2 is 2.00 bits per heavy atom. The Balaban J connectivity index is 0.00000289. The predicted octanol–water partition coefficient (Wildman–Crippen LogP) is 2.91. The van der Waals surface area contributed by atoms with Gasteiger partial charge in [0.1, 0.15) is 0 Å². The summed E-state index contributed by atoms with van der Waals surface area (Å²) in [6, 6.07) is 0. The predicted molar refractivity (Wildman–Crippen MR) is 81.6 cm³/mol. The first-order chi connectivity index (χ1) is 7.89. The Labute approximate surface area is 124 Å². The average Bonchev–Trinajstić information content (AvgIpc) is 2.25. The summed E-state index contributed by atoms with van der Waals surface area (Å²) < 4.78 is 25.8. The number of guanidine groups is 1. The number of alkyl halides is 2. The Morgan fingerprint density at radius 1 is 1.44 bits per heavy atom. The van der Waals surface area contributed by atoms with Crippen molar-refractivity contribution in [2.24, 2.45) is 16.6 Å². The Hall–Kier alpha value is -0.400. The molecule has 0 unspecified atom stereocenters. The van der Waals surface area contributed by atoms with Crippen LogP contribution >= 0.6 is 24.0 Å². The minimum atomic E-state index is -2.46. The van der Waals surface area contributed by atoms with Gasteiger partial charge in [-0.1, -0.05) is 12.2 Å². The van der Waals surface area contributed by atoms with E-state index in [4.69, 9.17) is 5.73 Å². The van der Waals surface area contributed by atoms with Crippen LogP contribution in [0.5, 0.6) is 0 Å². The molecule has 0 aliphatic heterocycles. The van der Waals surface area contributed by atoms with Crippen molar-refractivity contribution in [1.82, 2.24) is 5.32 Å². The number of nitrogens with two attached hydrogens (primary N) is 1. The highest BCUT2D eigenvalue weighted by molar-refractivity contribution is 14.0. The van der Waals surface area contributed by atoms with Crippen LogP contribution in [-0.2, 0) is 0 Å². The van der Waals surface area contributed by atoms with Crippen LogP contribution in [0.15, 0.2) is 17.1 Å². The van der Waals surface area contributed by atoms with Crippen molar-refractivity contribution in [3.63, 3.8) is 0 Å². The number of aliphatic imine (C=N–C) groups is 1. The summed E-state index contributed by atoms with van der Waals surface area (Å²) in [6.45, 7) is 6.72. The quantitative estimate of drug-likeness (QED) is 0.345. The third-order valence-corrected chi connectivity index (χ3v) is 2.93. The van der Waals surface area contributed by atoms with Crippen LogP contribution in [-0.4, -0.2) is 25.0 Å². The Kier molecular flexibility index (Phi) is 7.73. The molecule has 0 spiro atoms. The van der Waals surface area contributed by atoms with Gasteiger partial charge >= 0.3 is 0 Å². The van der Waals surface area contributed by atoms with Crippen LogP contribution in [0, 0.1) is 5.92 Å². The topological polar surface area (TPSA) is 50.4 Å². The summed E-state index contributed by atoms with van der Waals surface area (Å²) in [4.78, 5) is 4.07. The third-order valence-electron chi connectivity index (χ3n) is 2.93. The van der Waals surface area contributed by atoms with Crippen molar-refractivity contribution < 1.29 is 8.78 Å². The van der Waals surface area contributed by atoms with Crippen LogP contribution in [0.2, 0.25) is 0 Å². The Morgan fingerprint density at radius 3 is 2.50 bits per heavy atom. The maximum atomic E-state index is 12.9. The fourth-order valence-electron chi connectivity index (χ4n) is 1.83. The molecular formula is C12H22F2IN3. The summed E-state index contributed by atoms with van der Waals surface area (Å²) in [6.07, 6.45) is 1.08. The molecule has 0 heterocycles. The first-order valence-electron chi connectivity index (χ1n) is 5.95. The lowest BCUT2D eigenvalue weighted by molar-refractivity contribution is -0.0451. The first kappa shape index (κ1) is 17.6. The molecule has 6 heteroatoms. The lowest BCUT2D eigenvalue weighted by Gasteiger charge is -2.28. The van der Waals surface area contributed by atoms with E-state index in [9.17, 15) is 8.78 Å². The number of hydrogen-bond donors (Lipinski definition) is 2. The molecule has 3 nitrogen and oxygen atoms in total. The Bertz CT molecular complexity index is 296. The van der Waals surface area contributed by atoms with Crippen molar-refractivity contribution in [3.8, 4) is 0 Å². The molecule has 0 saturated heterocycles. The molecule has 0 aromatic rings. The van der Waals surface area contributed by atoms with Crippen LogP contribution in [0.4, 0.5) is 8.78 Å². The van der Waals surface area contributed by atoms with Gasteiger partial charge in [-0.25, -0.2) is 13.8 Å². The van der Waals surface area contributed by atoms with E-state index < -0.39 is 5.92 Å².